The van der Waals surface area contributed by atoms with Gasteiger partial charge in [0, 0.05) is 6.92 Å². The van der Waals surface area contributed by atoms with Gasteiger partial charge in [0.1, 0.15) is 12.4 Å². The van der Waals surface area contributed by atoms with Crippen LogP contribution in [0.5, 0.6) is 0 Å². The van der Waals surface area contributed by atoms with E-state index >= 15 is 0 Å². The third-order valence-corrected chi connectivity index (χ3v) is 2.85. The molecule has 16 heavy (non-hydrogen) atoms. The first kappa shape index (κ1) is 13.2. The number of unbranched alkanes of at least 4 members (excludes halogenated alkanes) is 5. The number of H-pyrrole nitrogens is 1. The van der Waals surface area contributed by atoms with Gasteiger partial charge in [-0.25, -0.2) is 9.55 Å². The molecule has 0 spiro atoms. The Balaban J connectivity index is 1.91. The summed E-state index contributed by atoms with van der Waals surface area (Å²) in [5.74, 6) is 1.14. The van der Waals surface area contributed by atoms with Crippen molar-refractivity contribution in [1.82, 2.24) is 4.98 Å². The minimum atomic E-state index is 0.671. The number of hydrogen-bond donors (Lipinski definition) is 1. The van der Waals surface area contributed by atoms with Crippen LogP contribution >= 0.6 is 0 Å². The van der Waals surface area contributed by atoms with E-state index in [2.05, 4.69) is 16.5 Å². The molecule has 0 amide bonds. The van der Waals surface area contributed by atoms with Crippen LogP contribution in [0.3, 0.4) is 0 Å². The van der Waals surface area contributed by atoms with Gasteiger partial charge in [0.2, 0.25) is 0 Å². The molecule has 0 atom stereocenters. The van der Waals surface area contributed by atoms with Crippen molar-refractivity contribution < 1.29 is 9.30 Å². The minimum absolute atomic E-state index is 0.671. The largest absolute Gasteiger partial charge is 0.342 e. The molecule has 92 valence electrons. The van der Waals surface area contributed by atoms with Crippen molar-refractivity contribution in [2.75, 3.05) is 6.61 Å². The zero-order valence-electron chi connectivity index (χ0n) is 10.7. The van der Waals surface area contributed by atoms with Gasteiger partial charge in [-0.2, -0.15) is 0 Å². The summed E-state index contributed by atoms with van der Waals surface area (Å²) in [5.41, 5.74) is 0. The normalized spacial score (nSPS) is 10.9. The van der Waals surface area contributed by atoms with E-state index < -0.39 is 0 Å². The number of nitrogens with zero attached hydrogens (tertiary/aromatic N) is 1. The third-order valence-electron chi connectivity index (χ3n) is 2.85. The molecule has 1 aromatic heterocycles. The van der Waals surface area contributed by atoms with Crippen LogP contribution in [-0.2, 0) is 11.5 Å². The van der Waals surface area contributed by atoms with Crippen molar-refractivity contribution in [3.63, 3.8) is 0 Å². The molecule has 0 radical (unpaired) electrons. The molecule has 1 rings (SSSR count). The fourth-order valence-electron chi connectivity index (χ4n) is 1.73. The zero-order chi connectivity index (χ0) is 11.6. The number of aryl methyl sites for hydroxylation is 1. The van der Waals surface area contributed by atoms with Crippen LogP contribution in [0.4, 0.5) is 0 Å². The van der Waals surface area contributed by atoms with E-state index in [1.54, 1.807) is 0 Å². The predicted molar refractivity (Wildman–Crippen MR) is 65.1 cm³/mol. The Morgan fingerprint density at radius 3 is 2.62 bits per heavy atom. The summed E-state index contributed by atoms with van der Waals surface area (Å²) in [6.07, 6.45) is 11.9. The Morgan fingerprint density at radius 1 is 1.19 bits per heavy atom. The maximum absolute atomic E-state index is 5.61. The molecule has 0 saturated carbocycles. The maximum Gasteiger partial charge on any atom is 0.252 e. The van der Waals surface area contributed by atoms with E-state index in [-0.39, 0.29) is 0 Å². The first-order chi connectivity index (χ1) is 7.84. The SMILES string of the molecule is CCCCCCCCOC[n+]1cc[nH]c1C. The molecule has 3 nitrogen and oxygen atoms in total. The summed E-state index contributed by atoms with van der Waals surface area (Å²) in [4.78, 5) is 3.13. The Morgan fingerprint density at radius 2 is 1.94 bits per heavy atom. The molecule has 0 aliphatic carbocycles. The van der Waals surface area contributed by atoms with Crippen molar-refractivity contribution in [3.05, 3.63) is 18.2 Å². The Bertz CT molecular complexity index is 271. The number of nitrogens with one attached hydrogen (secondary N) is 1. The van der Waals surface area contributed by atoms with Crippen LogP contribution in [0.2, 0.25) is 0 Å². The second-order valence-corrected chi connectivity index (χ2v) is 4.32. The van der Waals surface area contributed by atoms with Gasteiger partial charge in [-0.1, -0.05) is 39.0 Å². The lowest BCUT2D eigenvalue weighted by Crippen LogP contribution is -2.35. The number of aromatic nitrogens is 2. The van der Waals surface area contributed by atoms with E-state index in [4.69, 9.17) is 4.74 Å². The molecule has 3 heteroatoms. The van der Waals surface area contributed by atoms with Gasteiger partial charge in [-0.15, -0.1) is 0 Å². The van der Waals surface area contributed by atoms with Gasteiger partial charge < -0.3 is 4.74 Å². The van der Waals surface area contributed by atoms with E-state index in [9.17, 15) is 0 Å². The van der Waals surface area contributed by atoms with E-state index in [1.165, 1.54) is 38.5 Å². The highest BCUT2D eigenvalue weighted by Crippen LogP contribution is 2.04. The minimum Gasteiger partial charge on any atom is -0.342 e. The topological polar surface area (TPSA) is 28.9 Å². The van der Waals surface area contributed by atoms with Gasteiger partial charge in [0.25, 0.3) is 5.82 Å². The van der Waals surface area contributed by atoms with Crippen molar-refractivity contribution >= 4 is 0 Å². The van der Waals surface area contributed by atoms with Gasteiger partial charge in [0.15, 0.2) is 6.73 Å². The summed E-state index contributed by atoms with van der Waals surface area (Å²) < 4.78 is 7.69. The highest BCUT2D eigenvalue weighted by Gasteiger charge is 2.02. The molecule has 0 aliphatic heterocycles. The fourth-order valence-corrected chi connectivity index (χ4v) is 1.73. The molecule has 1 aromatic rings. The highest BCUT2D eigenvalue weighted by molar-refractivity contribution is 4.69. The fraction of sp³-hybridized carbons (Fsp3) is 0.769. The van der Waals surface area contributed by atoms with Crippen molar-refractivity contribution in [2.45, 2.75) is 59.1 Å². The summed E-state index contributed by atoms with van der Waals surface area (Å²) in [7, 11) is 0. The van der Waals surface area contributed by atoms with Crippen LogP contribution in [-0.4, -0.2) is 11.6 Å². The molecule has 0 bridgehead atoms. The third kappa shape index (κ3) is 5.31. The van der Waals surface area contributed by atoms with Crippen LogP contribution in [0.1, 0.15) is 51.3 Å². The van der Waals surface area contributed by atoms with Crippen LogP contribution in [0.25, 0.3) is 0 Å². The number of rotatable bonds is 9. The van der Waals surface area contributed by atoms with Gasteiger partial charge in [-0.05, 0) is 6.42 Å². The quantitative estimate of drug-likeness (QED) is 0.508. The van der Waals surface area contributed by atoms with Gasteiger partial charge in [0.05, 0.1) is 6.61 Å². The summed E-state index contributed by atoms with van der Waals surface area (Å²) in [6.45, 7) is 5.85. The average molecular weight is 225 g/mol. The van der Waals surface area contributed by atoms with Crippen LogP contribution in [0.15, 0.2) is 12.4 Å². The van der Waals surface area contributed by atoms with Gasteiger partial charge >= 0.3 is 0 Å². The van der Waals surface area contributed by atoms with E-state index in [0.717, 1.165) is 12.4 Å². The Labute approximate surface area is 98.8 Å². The first-order valence-electron chi connectivity index (χ1n) is 6.45. The zero-order valence-corrected chi connectivity index (χ0v) is 10.7. The number of imidazole rings is 1. The number of aromatic amines is 1. The lowest BCUT2D eigenvalue weighted by molar-refractivity contribution is -0.736. The number of ether oxygens (including phenoxy) is 1. The molecule has 0 saturated heterocycles. The molecule has 0 unspecified atom stereocenters. The smallest absolute Gasteiger partial charge is 0.252 e. The molecular formula is C13H25N2O+. The molecule has 0 aliphatic rings. The second-order valence-electron chi connectivity index (χ2n) is 4.32. The molecule has 1 N–H and O–H groups in total. The van der Waals surface area contributed by atoms with Crippen LogP contribution < -0.4 is 4.57 Å². The second kappa shape index (κ2) is 8.34. The molecule has 0 aromatic carbocycles. The standard InChI is InChI=1S/C13H24N2O/c1-3-4-5-6-7-8-11-16-12-15-10-9-14-13(15)2/h9-10H,3-8,11-12H2,1-2H3/p+1. The predicted octanol–water partition coefficient (Wildman–Crippen LogP) is 2.95. The van der Waals surface area contributed by atoms with Gasteiger partial charge in [-0.3, -0.25) is 0 Å². The first-order valence-corrected chi connectivity index (χ1v) is 6.45. The molecule has 1 heterocycles. The summed E-state index contributed by atoms with van der Waals surface area (Å²) >= 11 is 0. The van der Waals surface area contributed by atoms with Crippen molar-refractivity contribution in [3.8, 4) is 0 Å². The average Bonchev–Trinajstić information content (AvgIpc) is 2.68. The number of hydrogen-bond acceptors (Lipinski definition) is 1. The maximum atomic E-state index is 5.61. The van der Waals surface area contributed by atoms with Crippen molar-refractivity contribution in [2.24, 2.45) is 0 Å². The summed E-state index contributed by atoms with van der Waals surface area (Å²) in [5, 5.41) is 0. The summed E-state index contributed by atoms with van der Waals surface area (Å²) in [6, 6.07) is 0. The van der Waals surface area contributed by atoms with E-state index in [0.29, 0.717) is 6.73 Å². The van der Waals surface area contributed by atoms with E-state index in [1.807, 2.05) is 19.3 Å². The Kier molecular flexibility index (Phi) is 6.90. The van der Waals surface area contributed by atoms with Crippen molar-refractivity contribution in [1.29, 1.82) is 0 Å². The lowest BCUT2D eigenvalue weighted by Gasteiger charge is -2.02. The molecular weight excluding hydrogens is 200 g/mol. The van der Waals surface area contributed by atoms with Crippen LogP contribution in [0, 0.1) is 6.92 Å². The Hall–Kier alpha value is -0.830. The molecule has 0 fully saturated rings. The highest BCUT2D eigenvalue weighted by atomic mass is 16.5. The lowest BCUT2D eigenvalue weighted by atomic mass is 10.1. The monoisotopic (exact) mass is 225 g/mol.